The molecule has 1 saturated carbocycles. The first kappa shape index (κ1) is 33.4. The normalized spacial score (nSPS) is 14.1. The van der Waals surface area contributed by atoms with Crippen molar-refractivity contribution in [2.75, 3.05) is 25.1 Å². The molecule has 12 heteroatoms. The number of sulfonamides is 1. The number of carbonyl (C=O) groups is 2. The van der Waals surface area contributed by atoms with E-state index in [9.17, 15) is 18.0 Å². The maximum atomic E-state index is 14.3. The highest BCUT2D eigenvalue weighted by Crippen LogP contribution is 2.34. The van der Waals surface area contributed by atoms with E-state index in [1.807, 2.05) is 6.92 Å². The molecule has 1 aliphatic carbocycles. The topological polar surface area (TPSA) is 105 Å². The Morgan fingerprint density at radius 3 is 2.25 bits per heavy atom. The van der Waals surface area contributed by atoms with Crippen LogP contribution in [0.4, 0.5) is 5.69 Å². The van der Waals surface area contributed by atoms with E-state index in [1.54, 1.807) is 48.5 Å². The lowest BCUT2D eigenvalue weighted by Crippen LogP contribution is -2.53. The number of anilines is 1. The van der Waals surface area contributed by atoms with Crippen LogP contribution in [-0.2, 0) is 26.2 Å². The van der Waals surface area contributed by atoms with Crippen LogP contribution in [0.3, 0.4) is 0 Å². The number of nitrogens with zero attached hydrogens (tertiary/aromatic N) is 2. The summed E-state index contributed by atoms with van der Waals surface area (Å²) in [7, 11) is -1.33. The van der Waals surface area contributed by atoms with E-state index in [1.165, 1.54) is 37.3 Å². The molecule has 0 aliphatic heterocycles. The Hall–Kier alpha value is -3.47. The fraction of sp³-hybridized carbons (Fsp3) is 0.375. The van der Waals surface area contributed by atoms with Gasteiger partial charge in [0.15, 0.2) is 11.5 Å². The van der Waals surface area contributed by atoms with Crippen molar-refractivity contribution in [2.24, 2.45) is 0 Å². The second-order valence-electron chi connectivity index (χ2n) is 10.5. The van der Waals surface area contributed by atoms with Gasteiger partial charge >= 0.3 is 0 Å². The highest BCUT2D eigenvalue weighted by Gasteiger charge is 2.35. The van der Waals surface area contributed by atoms with E-state index in [2.05, 4.69) is 5.32 Å². The quantitative estimate of drug-likeness (QED) is 0.238. The van der Waals surface area contributed by atoms with Crippen molar-refractivity contribution in [1.29, 1.82) is 0 Å². The van der Waals surface area contributed by atoms with Gasteiger partial charge in [-0.05, 0) is 61.2 Å². The van der Waals surface area contributed by atoms with Crippen LogP contribution in [0.2, 0.25) is 10.0 Å². The summed E-state index contributed by atoms with van der Waals surface area (Å²) in [5, 5.41) is 3.85. The molecule has 3 aromatic carbocycles. The lowest BCUT2D eigenvalue weighted by Gasteiger charge is -2.34. The maximum Gasteiger partial charge on any atom is 0.264 e. The summed E-state index contributed by atoms with van der Waals surface area (Å²) in [4.78, 5) is 29.3. The number of nitrogens with one attached hydrogen (secondary N) is 1. The minimum atomic E-state index is -4.24. The summed E-state index contributed by atoms with van der Waals surface area (Å²) < 4.78 is 39.9. The zero-order valence-corrected chi connectivity index (χ0v) is 27.3. The smallest absolute Gasteiger partial charge is 0.264 e. The van der Waals surface area contributed by atoms with Gasteiger partial charge in [0.2, 0.25) is 11.8 Å². The number of hydrogen-bond donors (Lipinski definition) is 1. The third-order valence-electron chi connectivity index (χ3n) is 7.71. The van der Waals surface area contributed by atoms with Crippen molar-refractivity contribution in [3.63, 3.8) is 0 Å². The zero-order valence-electron chi connectivity index (χ0n) is 25.0. The number of hydrogen-bond acceptors (Lipinski definition) is 6. The van der Waals surface area contributed by atoms with Gasteiger partial charge in [-0.1, -0.05) is 67.2 Å². The summed E-state index contributed by atoms with van der Waals surface area (Å²) in [6.07, 6.45) is 4.12. The van der Waals surface area contributed by atoms with Gasteiger partial charge in [-0.25, -0.2) is 8.42 Å². The third-order valence-corrected chi connectivity index (χ3v) is 10.1. The van der Waals surface area contributed by atoms with Gasteiger partial charge in [-0.15, -0.1) is 0 Å². The van der Waals surface area contributed by atoms with Crippen LogP contribution in [0.15, 0.2) is 71.6 Å². The van der Waals surface area contributed by atoms with E-state index < -0.39 is 28.5 Å². The highest BCUT2D eigenvalue weighted by atomic mass is 35.5. The van der Waals surface area contributed by atoms with Gasteiger partial charge < -0.3 is 19.7 Å². The minimum Gasteiger partial charge on any atom is -0.493 e. The SMILES string of the molecule is CC[C@@H](C(=O)NC1CCCC1)N(Cc1ccc(Cl)cc1Cl)C(=O)CN(c1ccc(OC)c(OC)c1)S(=O)(=O)c1ccccc1. The summed E-state index contributed by atoms with van der Waals surface area (Å²) in [6.45, 7) is 1.19. The average Bonchev–Trinajstić information content (AvgIpc) is 3.53. The molecule has 1 atom stereocenters. The molecule has 236 valence electrons. The molecule has 0 heterocycles. The number of ether oxygens (including phenoxy) is 2. The van der Waals surface area contributed by atoms with Gasteiger partial charge in [0, 0.05) is 28.7 Å². The van der Waals surface area contributed by atoms with Crippen LogP contribution >= 0.6 is 23.2 Å². The highest BCUT2D eigenvalue weighted by molar-refractivity contribution is 7.92. The molecule has 0 spiro atoms. The largest absolute Gasteiger partial charge is 0.493 e. The Labute approximate surface area is 269 Å². The van der Waals surface area contributed by atoms with E-state index in [0.29, 0.717) is 27.8 Å². The van der Waals surface area contributed by atoms with E-state index >= 15 is 0 Å². The van der Waals surface area contributed by atoms with Crippen molar-refractivity contribution in [3.8, 4) is 11.5 Å². The average molecular weight is 663 g/mol. The monoisotopic (exact) mass is 661 g/mol. The molecule has 0 aromatic heterocycles. The van der Waals surface area contributed by atoms with E-state index in [4.69, 9.17) is 32.7 Å². The summed E-state index contributed by atoms with van der Waals surface area (Å²) in [5.74, 6) is -0.189. The number of carbonyl (C=O) groups excluding carboxylic acids is 2. The summed E-state index contributed by atoms with van der Waals surface area (Å²) >= 11 is 12.6. The number of halogens is 2. The number of benzene rings is 3. The molecule has 0 saturated heterocycles. The lowest BCUT2D eigenvalue weighted by atomic mass is 10.1. The standard InChI is InChI=1S/C32H37Cl2N3O6S/c1-4-28(32(39)35-24-10-8-9-11-24)36(20-22-14-15-23(33)18-27(22)34)31(38)21-37(44(40,41)26-12-6-5-7-13-26)25-16-17-29(42-2)30(19-25)43-3/h5-7,12-19,24,28H,4,8-11,20-21H2,1-3H3,(H,35,39)/t28-/m0/s1. The minimum absolute atomic E-state index is 0.000832. The number of rotatable bonds is 13. The molecule has 1 N–H and O–H groups in total. The van der Waals surface area contributed by atoms with Crippen LogP contribution in [-0.4, -0.2) is 58.0 Å². The first-order valence-electron chi connectivity index (χ1n) is 14.4. The molecule has 9 nitrogen and oxygen atoms in total. The van der Waals surface area contributed by atoms with Gasteiger partial charge in [-0.2, -0.15) is 0 Å². The fourth-order valence-corrected chi connectivity index (χ4v) is 7.24. The molecule has 0 radical (unpaired) electrons. The second kappa shape index (κ2) is 15.0. The predicted octanol–water partition coefficient (Wildman–Crippen LogP) is 6.07. The summed E-state index contributed by atoms with van der Waals surface area (Å²) in [6, 6.07) is 16.5. The molecule has 3 aromatic rings. The first-order chi connectivity index (χ1) is 21.1. The van der Waals surface area contributed by atoms with Gasteiger partial charge in [0.1, 0.15) is 12.6 Å². The molecule has 1 aliphatic rings. The maximum absolute atomic E-state index is 14.3. The van der Waals surface area contributed by atoms with Crippen LogP contribution in [0.5, 0.6) is 11.5 Å². The van der Waals surface area contributed by atoms with E-state index in [0.717, 1.165) is 30.0 Å². The van der Waals surface area contributed by atoms with Crippen molar-refractivity contribution in [1.82, 2.24) is 10.2 Å². The molecule has 0 bridgehead atoms. The third kappa shape index (κ3) is 7.78. The fourth-order valence-electron chi connectivity index (χ4n) is 5.35. The van der Waals surface area contributed by atoms with Crippen molar-refractivity contribution in [2.45, 2.75) is 62.6 Å². The van der Waals surface area contributed by atoms with Gasteiger partial charge in [0.05, 0.1) is 24.8 Å². The Morgan fingerprint density at radius 1 is 0.955 bits per heavy atom. The number of methoxy groups -OCH3 is 2. The van der Waals surface area contributed by atoms with Gasteiger partial charge in [0.25, 0.3) is 10.0 Å². The van der Waals surface area contributed by atoms with E-state index in [-0.39, 0.29) is 34.8 Å². The first-order valence-corrected chi connectivity index (χ1v) is 16.6. The molecule has 2 amide bonds. The van der Waals surface area contributed by atoms with Crippen LogP contribution in [0.1, 0.15) is 44.6 Å². The molecular formula is C32H37Cl2N3O6S. The number of amides is 2. The van der Waals surface area contributed by atoms with Crippen LogP contribution in [0, 0.1) is 0 Å². The Kier molecular flexibility index (Phi) is 11.4. The van der Waals surface area contributed by atoms with Crippen molar-refractivity contribution in [3.05, 3.63) is 82.3 Å². The van der Waals surface area contributed by atoms with Crippen molar-refractivity contribution >= 4 is 50.7 Å². The Balaban J connectivity index is 1.76. The molecule has 4 rings (SSSR count). The molecule has 44 heavy (non-hydrogen) atoms. The van der Waals surface area contributed by atoms with Crippen LogP contribution < -0.4 is 19.1 Å². The zero-order chi connectivity index (χ0) is 31.9. The van der Waals surface area contributed by atoms with Crippen molar-refractivity contribution < 1.29 is 27.5 Å². The lowest BCUT2D eigenvalue weighted by molar-refractivity contribution is -0.140. The van der Waals surface area contributed by atoms with Gasteiger partial charge in [-0.3, -0.25) is 13.9 Å². The second-order valence-corrected chi connectivity index (χ2v) is 13.2. The Bertz CT molecular complexity index is 1570. The van der Waals surface area contributed by atoms with Crippen LogP contribution in [0.25, 0.3) is 0 Å². The Morgan fingerprint density at radius 2 is 1.64 bits per heavy atom. The summed E-state index contributed by atoms with van der Waals surface area (Å²) in [5.41, 5.74) is 0.757. The molecular weight excluding hydrogens is 625 g/mol. The molecule has 0 unspecified atom stereocenters. The predicted molar refractivity (Wildman–Crippen MR) is 172 cm³/mol. The molecule has 1 fully saturated rings.